The molecule has 1 aliphatic rings. The summed E-state index contributed by atoms with van der Waals surface area (Å²) in [4.78, 5) is 12.8. The van der Waals surface area contributed by atoms with Crippen molar-refractivity contribution in [3.05, 3.63) is 71.3 Å². The second-order valence-corrected chi connectivity index (χ2v) is 9.29. The Morgan fingerprint density at radius 1 is 0.964 bits per heavy atom. The molecule has 2 N–H and O–H groups in total. The number of hydrogen-bond acceptors (Lipinski definition) is 3. The van der Waals surface area contributed by atoms with E-state index in [-0.39, 0.29) is 17.0 Å². The summed E-state index contributed by atoms with van der Waals surface area (Å²) in [7, 11) is -3.23. The Morgan fingerprint density at radius 2 is 1.64 bits per heavy atom. The predicted molar refractivity (Wildman–Crippen MR) is 111 cm³/mol. The minimum Gasteiger partial charge on any atom is -0.331 e. The number of hydrogen-bond donors (Lipinski definition) is 2. The van der Waals surface area contributed by atoms with Gasteiger partial charge in [-0.15, -0.1) is 0 Å². The molecular formula is C22H22N2O3S. The van der Waals surface area contributed by atoms with Gasteiger partial charge in [0.2, 0.25) is 0 Å². The number of carbonyl (C=O) groups is 1. The van der Waals surface area contributed by atoms with Crippen molar-refractivity contribution in [1.29, 1.82) is 0 Å². The van der Waals surface area contributed by atoms with Crippen LogP contribution in [0.1, 0.15) is 29.7 Å². The van der Waals surface area contributed by atoms with Crippen LogP contribution in [0.25, 0.3) is 10.8 Å². The molecule has 5 nitrogen and oxygen atoms in total. The Hall–Kier alpha value is -2.86. The van der Waals surface area contributed by atoms with Crippen molar-refractivity contribution < 1.29 is 13.2 Å². The first-order valence-electron chi connectivity index (χ1n) is 9.24. The molecule has 1 aliphatic carbocycles. The van der Waals surface area contributed by atoms with E-state index in [0.29, 0.717) is 0 Å². The first-order chi connectivity index (χ1) is 13.3. The zero-order valence-corrected chi connectivity index (χ0v) is 16.6. The Bertz CT molecular complexity index is 1160. The number of nitrogens with one attached hydrogen (secondary N) is 2. The molecule has 0 aliphatic heterocycles. The van der Waals surface area contributed by atoms with Crippen molar-refractivity contribution >= 4 is 32.3 Å². The van der Waals surface area contributed by atoms with Crippen LogP contribution in [0.4, 0.5) is 10.5 Å². The van der Waals surface area contributed by atoms with Crippen LogP contribution in [-0.2, 0) is 22.7 Å². The number of anilines is 1. The fraction of sp³-hybridized carbons (Fsp3) is 0.227. The molecule has 1 atom stereocenters. The zero-order chi connectivity index (χ0) is 19.9. The van der Waals surface area contributed by atoms with E-state index in [0.717, 1.165) is 29.5 Å². The molecule has 144 valence electrons. The van der Waals surface area contributed by atoms with Gasteiger partial charge in [-0.05, 0) is 60.0 Å². The minimum atomic E-state index is -3.23. The summed E-state index contributed by atoms with van der Waals surface area (Å²) in [5.41, 5.74) is 4.29. The Kier molecular flexibility index (Phi) is 4.59. The number of benzene rings is 3. The quantitative estimate of drug-likeness (QED) is 0.695. The van der Waals surface area contributed by atoms with E-state index in [1.807, 2.05) is 25.1 Å². The lowest BCUT2D eigenvalue weighted by Crippen LogP contribution is -2.31. The monoisotopic (exact) mass is 394 g/mol. The Balaban J connectivity index is 1.50. The molecule has 0 bridgehead atoms. The highest BCUT2D eigenvalue weighted by Gasteiger charge is 2.17. The van der Waals surface area contributed by atoms with Gasteiger partial charge in [-0.1, -0.05) is 36.4 Å². The smallest absolute Gasteiger partial charge is 0.319 e. The normalized spacial score (nSPS) is 14.1. The Labute approximate surface area is 164 Å². The summed E-state index contributed by atoms with van der Waals surface area (Å²) in [5, 5.41) is 8.19. The van der Waals surface area contributed by atoms with Gasteiger partial charge in [0.1, 0.15) is 0 Å². The molecule has 3 aromatic rings. The van der Waals surface area contributed by atoms with Crippen LogP contribution in [0.3, 0.4) is 0 Å². The molecule has 28 heavy (non-hydrogen) atoms. The lowest BCUT2D eigenvalue weighted by atomic mass is 10.0. The van der Waals surface area contributed by atoms with E-state index >= 15 is 0 Å². The minimum absolute atomic E-state index is 0.259. The highest BCUT2D eigenvalue weighted by molar-refractivity contribution is 7.90. The summed E-state index contributed by atoms with van der Waals surface area (Å²) >= 11 is 0. The Morgan fingerprint density at radius 3 is 2.32 bits per heavy atom. The van der Waals surface area contributed by atoms with E-state index < -0.39 is 9.84 Å². The van der Waals surface area contributed by atoms with Crippen LogP contribution in [0, 0.1) is 0 Å². The first kappa shape index (κ1) is 18.5. The first-order valence-corrected chi connectivity index (χ1v) is 11.1. The number of amides is 2. The predicted octanol–water partition coefficient (Wildman–Crippen LogP) is 4.22. The molecule has 0 fully saturated rings. The van der Waals surface area contributed by atoms with Crippen LogP contribution in [0.5, 0.6) is 0 Å². The highest BCUT2D eigenvalue weighted by Crippen LogP contribution is 2.35. The van der Waals surface area contributed by atoms with Crippen LogP contribution in [0.15, 0.2) is 59.5 Å². The third-order valence-corrected chi connectivity index (χ3v) is 6.41. The third kappa shape index (κ3) is 3.47. The van der Waals surface area contributed by atoms with Gasteiger partial charge in [0.05, 0.1) is 16.6 Å². The van der Waals surface area contributed by atoms with Gasteiger partial charge in [0.25, 0.3) is 0 Å². The van der Waals surface area contributed by atoms with E-state index in [4.69, 9.17) is 0 Å². The number of urea groups is 1. The second kappa shape index (κ2) is 6.95. The molecule has 0 saturated heterocycles. The van der Waals surface area contributed by atoms with Gasteiger partial charge in [-0.2, -0.15) is 0 Å². The molecule has 0 saturated carbocycles. The van der Waals surface area contributed by atoms with Crippen LogP contribution >= 0.6 is 0 Å². The fourth-order valence-corrected chi connectivity index (χ4v) is 4.43. The molecule has 6 heteroatoms. The second-order valence-electron chi connectivity index (χ2n) is 7.27. The molecule has 2 amide bonds. The van der Waals surface area contributed by atoms with E-state index in [1.165, 1.54) is 22.8 Å². The molecular weight excluding hydrogens is 372 g/mol. The SMILES string of the molecule is C[C@H](NC(=O)Nc1ccc2c3c(cccc13)CC2)c1ccc(S(C)(=O)=O)cc1. The number of aryl methyl sites for hydroxylation is 2. The van der Waals surface area contributed by atoms with Gasteiger partial charge in [0, 0.05) is 11.6 Å². The summed E-state index contributed by atoms with van der Waals surface area (Å²) in [5.74, 6) is 0. The molecule has 0 spiro atoms. The largest absolute Gasteiger partial charge is 0.331 e. The average Bonchev–Trinajstić information content (AvgIpc) is 3.08. The topological polar surface area (TPSA) is 75.3 Å². The molecule has 4 rings (SSSR count). The fourth-order valence-electron chi connectivity index (χ4n) is 3.80. The highest BCUT2D eigenvalue weighted by atomic mass is 32.2. The lowest BCUT2D eigenvalue weighted by Gasteiger charge is -2.16. The summed E-state index contributed by atoms with van der Waals surface area (Å²) < 4.78 is 23.1. The van der Waals surface area contributed by atoms with Crippen LogP contribution < -0.4 is 10.6 Å². The number of carbonyl (C=O) groups excluding carboxylic acids is 1. The van der Waals surface area contributed by atoms with Crippen LogP contribution in [-0.4, -0.2) is 20.7 Å². The van der Waals surface area contributed by atoms with E-state index in [9.17, 15) is 13.2 Å². The maximum atomic E-state index is 12.5. The maximum Gasteiger partial charge on any atom is 0.319 e. The molecule has 0 aromatic heterocycles. The molecule has 3 aromatic carbocycles. The van der Waals surface area contributed by atoms with Crippen molar-refractivity contribution in [3.8, 4) is 0 Å². The summed E-state index contributed by atoms with van der Waals surface area (Å²) in [6, 6.07) is 16.3. The van der Waals surface area contributed by atoms with Crippen LogP contribution in [0.2, 0.25) is 0 Å². The average molecular weight is 394 g/mol. The summed E-state index contributed by atoms with van der Waals surface area (Å²) in [6.07, 6.45) is 3.26. The maximum absolute atomic E-state index is 12.5. The van der Waals surface area contributed by atoms with Crippen molar-refractivity contribution in [2.45, 2.75) is 30.7 Å². The van der Waals surface area contributed by atoms with E-state index in [2.05, 4.69) is 22.8 Å². The van der Waals surface area contributed by atoms with Gasteiger partial charge in [-0.3, -0.25) is 0 Å². The van der Waals surface area contributed by atoms with Crippen molar-refractivity contribution in [1.82, 2.24) is 5.32 Å². The van der Waals surface area contributed by atoms with Gasteiger partial charge < -0.3 is 10.6 Å². The lowest BCUT2D eigenvalue weighted by molar-refractivity contribution is 0.249. The van der Waals surface area contributed by atoms with Crippen molar-refractivity contribution in [3.63, 3.8) is 0 Å². The standard InChI is InChI=1S/C22H22N2O3S/c1-14(15-8-11-18(12-9-15)28(2,26)27)23-22(25)24-20-13-10-17-7-6-16-4-3-5-19(20)21(16)17/h3-5,8-14H,6-7H2,1-2H3,(H2,23,24,25)/t14-/m0/s1. The number of rotatable bonds is 4. The molecule has 0 heterocycles. The van der Waals surface area contributed by atoms with Gasteiger partial charge >= 0.3 is 6.03 Å². The van der Waals surface area contributed by atoms with Crippen molar-refractivity contribution in [2.75, 3.05) is 11.6 Å². The van der Waals surface area contributed by atoms with Crippen molar-refractivity contribution in [2.24, 2.45) is 0 Å². The molecule has 0 radical (unpaired) electrons. The summed E-state index contributed by atoms with van der Waals surface area (Å²) in [6.45, 7) is 1.86. The molecule has 0 unspecified atom stereocenters. The van der Waals surface area contributed by atoms with Gasteiger partial charge in [-0.25, -0.2) is 13.2 Å². The van der Waals surface area contributed by atoms with Gasteiger partial charge in [0.15, 0.2) is 9.84 Å². The zero-order valence-electron chi connectivity index (χ0n) is 15.8. The number of sulfone groups is 1. The van der Waals surface area contributed by atoms with E-state index in [1.54, 1.807) is 24.3 Å². The third-order valence-electron chi connectivity index (χ3n) is 5.28.